The van der Waals surface area contributed by atoms with Gasteiger partial charge in [0.15, 0.2) is 5.96 Å². The lowest BCUT2D eigenvalue weighted by Crippen LogP contribution is -2.38. The molecule has 3 N–H and O–H groups in total. The zero-order valence-corrected chi connectivity index (χ0v) is 19.2. The van der Waals surface area contributed by atoms with Crippen LogP contribution in [-0.4, -0.2) is 26.0 Å². The smallest absolute Gasteiger partial charge is 0.251 e. The van der Waals surface area contributed by atoms with E-state index in [-0.39, 0.29) is 35.9 Å². The Labute approximate surface area is 186 Å². The molecule has 2 aromatic rings. The number of guanidine groups is 1. The number of rotatable bonds is 5. The van der Waals surface area contributed by atoms with E-state index in [2.05, 4.69) is 20.9 Å². The van der Waals surface area contributed by atoms with Gasteiger partial charge in [0.05, 0.1) is 6.04 Å². The summed E-state index contributed by atoms with van der Waals surface area (Å²) in [5, 5.41) is 10.4. The minimum absolute atomic E-state index is 0. The van der Waals surface area contributed by atoms with E-state index in [0.29, 0.717) is 28.1 Å². The van der Waals surface area contributed by atoms with Crippen LogP contribution in [0.4, 0.5) is 0 Å². The predicted molar refractivity (Wildman–Crippen MR) is 123 cm³/mol. The molecule has 2 rings (SSSR count). The van der Waals surface area contributed by atoms with Gasteiger partial charge in [0, 0.05) is 36.2 Å². The molecule has 0 saturated heterocycles. The van der Waals surface area contributed by atoms with Crippen LogP contribution in [0, 0.1) is 0 Å². The molecule has 1 unspecified atom stereocenters. The molecule has 0 bridgehead atoms. The summed E-state index contributed by atoms with van der Waals surface area (Å²) in [6, 6.07) is 12.8. The Balaban J connectivity index is 0.00000364. The number of halogens is 3. The predicted octanol–water partition coefficient (Wildman–Crippen LogP) is 4.40. The third-order valence-electron chi connectivity index (χ3n) is 3.88. The van der Waals surface area contributed by atoms with E-state index in [4.69, 9.17) is 23.2 Å². The number of benzene rings is 2. The van der Waals surface area contributed by atoms with Gasteiger partial charge in [-0.05, 0) is 42.3 Å². The number of nitrogens with one attached hydrogen (secondary N) is 3. The average Bonchev–Trinajstić information content (AvgIpc) is 2.64. The number of carbonyl (C=O) groups excluding carboxylic acids is 1. The molecule has 27 heavy (non-hydrogen) atoms. The maximum absolute atomic E-state index is 11.7. The first kappa shape index (κ1) is 23.5. The van der Waals surface area contributed by atoms with Crippen molar-refractivity contribution in [2.75, 3.05) is 14.1 Å². The van der Waals surface area contributed by atoms with Crippen LogP contribution in [0.25, 0.3) is 0 Å². The Hall–Kier alpha value is -1.51. The van der Waals surface area contributed by atoms with E-state index < -0.39 is 0 Å². The van der Waals surface area contributed by atoms with E-state index in [1.807, 2.05) is 31.2 Å². The molecule has 0 aliphatic rings. The molecule has 5 nitrogen and oxygen atoms in total. The van der Waals surface area contributed by atoms with E-state index in [1.165, 1.54) is 0 Å². The largest absolute Gasteiger partial charge is 0.355 e. The highest BCUT2D eigenvalue weighted by Gasteiger charge is 2.12. The molecule has 2 aromatic carbocycles. The van der Waals surface area contributed by atoms with Gasteiger partial charge in [-0.15, -0.1) is 24.0 Å². The fourth-order valence-electron chi connectivity index (χ4n) is 2.48. The lowest BCUT2D eigenvalue weighted by atomic mass is 10.1. The maximum Gasteiger partial charge on any atom is 0.251 e. The molecule has 0 saturated carbocycles. The third-order valence-corrected chi connectivity index (χ3v) is 4.44. The van der Waals surface area contributed by atoms with Crippen LogP contribution in [0.3, 0.4) is 0 Å². The summed E-state index contributed by atoms with van der Waals surface area (Å²) in [7, 11) is 3.31. The van der Waals surface area contributed by atoms with Crippen LogP contribution in [-0.2, 0) is 6.54 Å². The van der Waals surface area contributed by atoms with Crippen molar-refractivity contribution >= 4 is 59.0 Å². The summed E-state index contributed by atoms with van der Waals surface area (Å²) in [5.41, 5.74) is 2.53. The maximum atomic E-state index is 11.7. The van der Waals surface area contributed by atoms with Crippen molar-refractivity contribution in [2.24, 2.45) is 4.99 Å². The quantitative estimate of drug-likeness (QED) is 0.311. The summed E-state index contributed by atoms with van der Waals surface area (Å²) in [4.78, 5) is 16.0. The molecular formula is C19H23Cl2IN4O. The Morgan fingerprint density at radius 2 is 1.93 bits per heavy atom. The first-order valence-corrected chi connectivity index (χ1v) is 8.93. The molecule has 146 valence electrons. The second-order valence-electron chi connectivity index (χ2n) is 5.74. The van der Waals surface area contributed by atoms with Gasteiger partial charge in [0.1, 0.15) is 0 Å². The van der Waals surface area contributed by atoms with Crippen molar-refractivity contribution in [1.82, 2.24) is 16.0 Å². The highest BCUT2D eigenvalue weighted by Crippen LogP contribution is 2.25. The average molecular weight is 521 g/mol. The number of aliphatic imine (C=N–C) groups is 1. The summed E-state index contributed by atoms with van der Waals surface area (Å²) < 4.78 is 0. The Morgan fingerprint density at radius 1 is 1.19 bits per heavy atom. The van der Waals surface area contributed by atoms with Gasteiger partial charge in [-0.25, -0.2) is 0 Å². The highest BCUT2D eigenvalue weighted by molar-refractivity contribution is 14.0. The lowest BCUT2D eigenvalue weighted by molar-refractivity contribution is 0.0963. The van der Waals surface area contributed by atoms with Crippen molar-refractivity contribution < 1.29 is 4.79 Å². The van der Waals surface area contributed by atoms with Gasteiger partial charge in [-0.2, -0.15) is 0 Å². The monoisotopic (exact) mass is 520 g/mol. The van der Waals surface area contributed by atoms with Crippen LogP contribution in [0.15, 0.2) is 47.5 Å². The van der Waals surface area contributed by atoms with Crippen molar-refractivity contribution in [3.63, 3.8) is 0 Å². The molecule has 0 fully saturated rings. The summed E-state index contributed by atoms with van der Waals surface area (Å²) in [5.74, 6) is 0.522. The molecular weight excluding hydrogens is 498 g/mol. The zero-order valence-electron chi connectivity index (χ0n) is 15.3. The molecule has 0 spiro atoms. The van der Waals surface area contributed by atoms with Gasteiger partial charge >= 0.3 is 0 Å². The summed E-state index contributed by atoms with van der Waals surface area (Å²) in [6.07, 6.45) is 0. The standard InChI is InChI=1S/C19H22Cl2N4O.HI/c1-12(16-8-7-15(20)10-17(16)21)25-19(23-3)24-11-13-5-4-6-14(9-13)18(26)22-2;/h4-10,12H,11H2,1-3H3,(H,22,26)(H2,23,24,25);1H. The molecule has 1 atom stereocenters. The van der Waals surface area contributed by atoms with E-state index in [9.17, 15) is 4.79 Å². The molecule has 0 aliphatic carbocycles. The topological polar surface area (TPSA) is 65.5 Å². The van der Waals surface area contributed by atoms with Crippen molar-refractivity contribution in [3.05, 3.63) is 69.2 Å². The van der Waals surface area contributed by atoms with Crippen LogP contribution in [0.1, 0.15) is 34.5 Å². The Kier molecular flexibility index (Phi) is 9.90. The number of carbonyl (C=O) groups is 1. The normalized spacial score (nSPS) is 12.0. The third kappa shape index (κ3) is 6.86. The fraction of sp³-hybridized carbons (Fsp3) is 0.263. The summed E-state index contributed by atoms with van der Waals surface area (Å²) in [6.45, 7) is 2.53. The van der Waals surface area contributed by atoms with E-state index in [0.717, 1.165) is 11.1 Å². The minimum Gasteiger partial charge on any atom is -0.355 e. The molecule has 1 amide bonds. The second kappa shape index (κ2) is 11.4. The number of hydrogen-bond acceptors (Lipinski definition) is 2. The van der Waals surface area contributed by atoms with Gasteiger partial charge in [-0.1, -0.05) is 41.4 Å². The fourth-order valence-corrected chi connectivity index (χ4v) is 3.05. The van der Waals surface area contributed by atoms with E-state index >= 15 is 0 Å². The first-order valence-electron chi connectivity index (χ1n) is 8.17. The van der Waals surface area contributed by atoms with Gasteiger partial charge in [0.2, 0.25) is 0 Å². The van der Waals surface area contributed by atoms with Crippen molar-refractivity contribution in [3.8, 4) is 0 Å². The number of nitrogens with zero attached hydrogens (tertiary/aromatic N) is 1. The van der Waals surface area contributed by atoms with Crippen LogP contribution in [0.5, 0.6) is 0 Å². The van der Waals surface area contributed by atoms with Crippen LogP contribution >= 0.6 is 47.2 Å². The SMILES string of the molecule is CN=C(NCc1cccc(C(=O)NC)c1)NC(C)c1ccc(Cl)cc1Cl.I. The van der Waals surface area contributed by atoms with Crippen LogP contribution < -0.4 is 16.0 Å². The zero-order chi connectivity index (χ0) is 19.1. The lowest BCUT2D eigenvalue weighted by Gasteiger charge is -2.19. The van der Waals surface area contributed by atoms with E-state index in [1.54, 1.807) is 32.3 Å². The molecule has 0 heterocycles. The van der Waals surface area contributed by atoms with Gasteiger partial charge in [-0.3, -0.25) is 9.79 Å². The molecule has 0 aromatic heterocycles. The van der Waals surface area contributed by atoms with Gasteiger partial charge < -0.3 is 16.0 Å². The summed E-state index contributed by atoms with van der Waals surface area (Å²) >= 11 is 12.2. The Morgan fingerprint density at radius 3 is 2.56 bits per heavy atom. The first-order chi connectivity index (χ1) is 12.4. The molecule has 0 aliphatic heterocycles. The second-order valence-corrected chi connectivity index (χ2v) is 6.58. The molecule has 0 radical (unpaired) electrons. The number of hydrogen-bond donors (Lipinski definition) is 3. The van der Waals surface area contributed by atoms with Crippen molar-refractivity contribution in [2.45, 2.75) is 19.5 Å². The van der Waals surface area contributed by atoms with Crippen LogP contribution in [0.2, 0.25) is 10.0 Å². The van der Waals surface area contributed by atoms with Gasteiger partial charge in [0.25, 0.3) is 5.91 Å². The minimum atomic E-state index is -0.111. The molecule has 8 heteroatoms. The van der Waals surface area contributed by atoms with Crippen molar-refractivity contribution in [1.29, 1.82) is 0 Å². The number of amides is 1. The highest BCUT2D eigenvalue weighted by atomic mass is 127. The Bertz CT molecular complexity index is 814.